The van der Waals surface area contributed by atoms with Crippen molar-refractivity contribution in [2.45, 2.75) is 0 Å². The van der Waals surface area contributed by atoms with E-state index in [1.807, 2.05) is 6.20 Å². The average molecular weight is 193 g/mol. The number of fused-ring (bicyclic) bond motifs is 3. The van der Waals surface area contributed by atoms with E-state index in [1.54, 1.807) is 0 Å². The number of allylic oxidation sites excluding steroid dienone is 3. The first-order valence-electron chi connectivity index (χ1n) is 5.06. The minimum Gasteiger partial charge on any atom is -0.367 e. The molecule has 1 nitrogen and oxygen atoms in total. The first kappa shape index (κ1) is 8.30. The minimum atomic E-state index is 1.27. The van der Waals surface area contributed by atoms with Gasteiger partial charge in [-0.05, 0) is 22.4 Å². The van der Waals surface area contributed by atoms with Crippen LogP contribution in [0.2, 0.25) is 0 Å². The molecule has 1 aliphatic heterocycles. The highest BCUT2D eigenvalue weighted by atomic mass is 14.8. The first-order chi connectivity index (χ1) is 7.45. The van der Waals surface area contributed by atoms with Gasteiger partial charge in [0.25, 0.3) is 0 Å². The third-order valence-corrected chi connectivity index (χ3v) is 2.70. The third-order valence-electron chi connectivity index (χ3n) is 2.70. The zero-order valence-electron chi connectivity index (χ0n) is 8.27. The normalized spacial score (nSPS) is 15.5. The van der Waals surface area contributed by atoms with Crippen LogP contribution < -0.4 is 15.8 Å². The van der Waals surface area contributed by atoms with Crippen molar-refractivity contribution in [1.29, 1.82) is 0 Å². The van der Waals surface area contributed by atoms with E-state index in [-0.39, 0.29) is 0 Å². The van der Waals surface area contributed by atoms with Crippen LogP contribution in [-0.4, -0.2) is 0 Å². The van der Waals surface area contributed by atoms with Gasteiger partial charge in [-0.3, -0.25) is 0 Å². The van der Waals surface area contributed by atoms with E-state index in [1.165, 1.54) is 21.6 Å². The van der Waals surface area contributed by atoms with Gasteiger partial charge in [-0.2, -0.15) is 0 Å². The van der Waals surface area contributed by atoms with Gasteiger partial charge in [0.15, 0.2) is 0 Å². The molecular formula is C14H11N. The van der Waals surface area contributed by atoms with Gasteiger partial charge in [-0.15, -0.1) is 0 Å². The van der Waals surface area contributed by atoms with Crippen molar-refractivity contribution in [3.8, 4) is 0 Å². The summed E-state index contributed by atoms with van der Waals surface area (Å²) in [5, 5.41) is 5.69. The second-order valence-electron chi connectivity index (χ2n) is 3.63. The van der Waals surface area contributed by atoms with Crippen LogP contribution in [-0.2, 0) is 0 Å². The second kappa shape index (κ2) is 3.28. The summed E-state index contributed by atoms with van der Waals surface area (Å²) >= 11 is 0. The molecule has 3 rings (SSSR count). The van der Waals surface area contributed by atoms with Crippen molar-refractivity contribution >= 4 is 24.4 Å². The highest BCUT2D eigenvalue weighted by Crippen LogP contribution is 2.02. The van der Waals surface area contributed by atoms with E-state index in [4.69, 9.17) is 0 Å². The monoisotopic (exact) mass is 193 g/mol. The Labute approximate surface area is 88.4 Å². The molecule has 15 heavy (non-hydrogen) atoms. The van der Waals surface area contributed by atoms with Gasteiger partial charge >= 0.3 is 0 Å². The van der Waals surface area contributed by atoms with Crippen LogP contribution in [0.1, 0.15) is 11.1 Å². The van der Waals surface area contributed by atoms with Crippen molar-refractivity contribution < 1.29 is 0 Å². The summed E-state index contributed by atoms with van der Waals surface area (Å²) in [6, 6.07) is 4.32. The van der Waals surface area contributed by atoms with Gasteiger partial charge in [0.1, 0.15) is 0 Å². The second-order valence-corrected chi connectivity index (χ2v) is 3.63. The Balaban J connectivity index is 2.46. The molecule has 0 saturated carbocycles. The first-order valence-corrected chi connectivity index (χ1v) is 5.06. The third kappa shape index (κ3) is 1.33. The van der Waals surface area contributed by atoms with Crippen molar-refractivity contribution in [2.75, 3.05) is 0 Å². The molecule has 2 aliphatic rings. The maximum Gasteiger partial charge on any atom is 0.00899 e. The van der Waals surface area contributed by atoms with E-state index in [9.17, 15) is 0 Å². The molecule has 0 atom stereocenters. The number of benzene rings is 1. The van der Waals surface area contributed by atoms with Gasteiger partial charge in [0.05, 0.1) is 0 Å². The van der Waals surface area contributed by atoms with Crippen LogP contribution >= 0.6 is 0 Å². The molecule has 0 fully saturated rings. The zero-order chi connectivity index (χ0) is 10.1. The van der Waals surface area contributed by atoms with Gasteiger partial charge in [0.2, 0.25) is 0 Å². The Morgan fingerprint density at radius 2 is 1.67 bits per heavy atom. The summed E-state index contributed by atoms with van der Waals surface area (Å²) in [7, 11) is 0. The molecular weight excluding hydrogens is 182 g/mol. The lowest BCUT2D eigenvalue weighted by atomic mass is 10.0. The largest absolute Gasteiger partial charge is 0.367 e. The Morgan fingerprint density at radius 3 is 2.60 bits per heavy atom. The lowest BCUT2D eigenvalue weighted by Crippen LogP contribution is -2.32. The topological polar surface area (TPSA) is 12.0 Å². The van der Waals surface area contributed by atoms with Crippen molar-refractivity contribution in [3.63, 3.8) is 0 Å². The number of rotatable bonds is 0. The van der Waals surface area contributed by atoms with Gasteiger partial charge in [-0.25, -0.2) is 0 Å². The fraction of sp³-hybridized carbons (Fsp3) is 0. The molecule has 1 heterocycles. The Hall–Kier alpha value is -2.02. The standard InChI is InChI=1S/C14H11N/c1-2-4-11-6-7-12-8-9-15-10-14(12)13(11)5-3-1/h1-10,15H. The van der Waals surface area contributed by atoms with E-state index < -0.39 is 0 Å². The molecule has 0 radical (unpaired) electrons. The summed E-state index contributed by atoms with van der Waals surface area (Å²) in [4.78, 5) is 0. The fourth-order valence-corrected chi connectivity index (χ4v) is 1.95. The van der Waals surface area contributed by atoms with Crippen LogP contribution in [0, 0.1) is 0 Å². The average Bonchev–Trinajstić information content (AvgIpc) is 2.54. The minimum absolute atomic E-state index is 1.27. The molecule has 0 amide bonds. The summed E-state index contributed by atoms with van der Waals surface area (Å²) in [5.74, 6) is 0. The molecule has 1 aromatic carbocycles. The van der Waals surface area contributed by atoms with Gasteiger partial charge in [-0.1, -0.05) is 42.5 Å². The van der Waals surface area contributed by atoms with Crippen LogP contribution in [0.3, 0.4) is 0 Å². The molecule has 72 valence electrons. The molecule has 0 saturated heterocycles. The number of hydrogen-bond acceptors (Lipinski definition) is 1. The lowest BCUT2D eigenvalue weighted by Gasteiger charge is -2.06. The van der Waals surface area contributed by atoms with Crippen molar-refractivity contribution in [1.82, 2.24) is 5.32 Å². The number of hydrogen-bond donors (Lipinski definition) is 1. The zero-order valence-corrected chi connectivity index (χ0v) is 8.27. The Kier molecular flexibility index (Phi) is 1.82. The Bertz CT molecular complexity index is 601. The number of nitrogens with one attached hydrogen (secondary N) is 1. The molecule has 1 aliphatic carbocycles. The summed E-state index contributed by atoms with van der Waals surface area (Å²) < 4.78 is 0. The quantitative estimate of drug-likeness (QED) is 0.656. The molecule has 0 unspecified atom stereocenters. The predicted molar refractivity (Wildman–Crippen MR) is 65.0 cm³/mol. The molecule has 0 spiro atoms. The van der Waals surface area contributed by atoms with E-state index in [0.717, 1.165) is 0 Å². The van der Waals surface area contributed by atoms with Crippen LogP contribution in [0.4, 0.5) is 0 Å². The van der Waals surface area contributed by atoms with Crippen LogP contribution in [0.5, 0.6) is 0 Å². The van der Waals surface area contributed by atoms with E-state index in [0.29, 0.717) is 0 Å². The summed E-state index contributed by atoms with van der Waals surface area (Å²) in [5.41, 5.74) is 2.54. The van der Waals surface area contributed by atoms with Crippen molar-refractivity contribution in [3.05, 3.63) is 58.1 Å². The van der Waals surface area contributed by atoms with Gasteiger partial charge < -0.3 is 5.32 Å². The fourth-order valence-electron chi connectivity index (χ4n) is 1.95. The molecule has 0 aromatic heterocycles. The van der Waals surface area contributed by atoms with Crippen LogP contribution in [0.25, 0.3) is 24.4 Å². The maximum atomic E-state index is 3.14. The lowest BCUT2D eigenvalue weighted by molar-refractivity contribution is 1.24. The summed E-state index contributed by atoms with van der Waals surface area (Å²) in [6.45, 7) is 0. The van der Waals surface area contributed by atoms with E-state index >= 15 is 0 Å². The Morgan fingerprint density at radius 1 is 0.800 bits per heavy atom. The SMILES string of the molecule is C1=CC=c2c(ccc3c2=CNC=C3)C=C1. The molecule has 0 bridgehead atoms. The predicted octanol–water partition coefficient (Wildman–Crippen LogP) is 1.36. The van der Waals surface area contributed by atoms with Crippen LogP contribution in [0.15, 0.2) is 36.6 Å². The van der Waals surface area contributed by atoms with Gasteiger partial charge in [0, 0.05) is 17.6 Å². The maximum absolute atomic E-state index is 3.14. The van der Waals surface area contributed by atoms with Crippen molar-refractivity contribution in [2.24, 2.45) is 0 Å². The highest BCUT2D eigenvalue weighted by molar-refractivity contribution is 5.65. The molecule has 1 N–H and O–H groups in total. The molecule has 1 heteroatoms. The molecule has 1 aromatic rings. The highest BCUT2D eigenvalue weighted by Gasteiger charge is 2.00. The smallest absolute Gasteiger partial charge is 0.00899 e. The van der Waals surface area contributed by atoms with E-state index in [2.05, 4.69) is 60.1 Å². The summed E-state index contributed by atoms with van der Waals surface area (Å²) in [6.07, 6.45) is 16.6.